The molecular weight excluding hydrogens is 407 g/mol. The molecule has 0 saturated heterocycles. The lowest BCUT2D eigenvalue weighted by atomic mass is 10.0. The Morgan fingerprint density at radius 2 is 1.50 bits per heavy atom. The van der Waals surface area contributed by atoms with Gasteiger partial charge >= 0.3 is 24.1 Å². The van der Waals surface area contributed by atoms with E-state index in [0.717, 1.165) is 18.2 Å². The lowest BCUT2D eigenvalue weighted by molar-refractivity contribution is -0.139. The monoisotopic (exact) mass is 425 g/mol. The molecule has 7 nitrogen and oxygen atoms in total. The van der Waals surface area contributed by atoms with Gasteiger partial charge in [0.15, 0.2) is 0 Å². The van der Waals surface area contributed by atoms with E-state index < -0.39 is 40.8 Å². The van der Waals surface area contributed by atoms with E-state index in [9.17, 15) is 32.7 Å². The van der Waals surface area contributed by atoms with Crippen molar-refractivity contribution in [2.24, 2.45) is 0 Å². The number of rotatable bonds is 9. The van der Waals surface area contributed by atoms with Gasteiger partial charge in [-0.15, -0.1) is 0 Å². The van der Waals surface area contributed by atoms with Crippen molar-refractivity contribution in [1.82, 2.24) is 4.90 Å². The second-order valence-electron chi connectivity index (χ2n) is 6.50. The first kappa shape index (κ1) is 22.9. The molecule has 3 N–H and O–H groups in total. The van der Waals surface area contributed by atoms with Crippen LogP contribution in [0.4, 0.5) is 13.2 Å². The van der Waals surface area contributed by atoms with Gasteiger partial charge in [-0.3, -0.25) is 9.69 Å². The predicted octanol–water partition coefficient (Wildman–Crippen LogP) is 3.58. The van der Waals surface area contributed by atoms with Gasteiger partial charge in [-0.1, -0.05) is 24.3 Å². The van der Waals surface area contributed by atoms with Crippen LogP contribution in [0.1, 0.15) is 43.8 Å². The van der Waals surface area contributed by atoms with Gasteiger partial charge in [-0.25, -0.2) is 9.59 Å². The highest BCUT2D eigenvalue weighted by Crippen LogP contribution is 2.32. The first-order valence-corrected chi connectivity index (χ1v) is 8.67. The standard InChI is InChI=1S/C20H18F3NO6/c21-20(22,23)16-4-2-1-3-13(16)11-24(8-7-17(25)26)10-12-5-6-14(18(27)28)15(9-12)19(29)30/h1-6,9H,7-8,10-11H2,(H,25,26)(H,27,28)(H,29,30). The highest BCUT2D eigenvalue weighted by molar-refractivity contribution is 6.01. The third kappa shape index (κ3) is 6.05. The Balaban J connectivity index is 2.35. The number of carboxylic acid groups (broad SMARTS) is 3. The Kier molecular flexibility index (Phi) is 7.17. The summed E-state index contributed by atoms with van der Waals surface area (Å²) in [5, 5.41) is 27.3. The molecule has 0 fully saturated rings. The normalized spacial score (nSPS) is 11.5. The maximum absolute atomic E-state index is 13.3. The molecule has 0 aliphatic heterocycles. The molecule has 0 spiro atoms. The average molecular weight is 425 g/mol. The van der Waals surface area contributed by atoms with Crippen molar-refractivity contribution >= 4 is 17.9 Å². The highest BCUT2D eigenvalue weighted by Gasteiger charge is 2.33. The van der Waals surface area contributed by atoms with E-state index in [2.05, 4.69) is 0 Å². The predicted molar refractivity (Wildman–Crippen MR) is 98.2 cm³/mol. The fourth-order valence-electron chi connectivity index (χ4n) is 2.95. The van der Waals surface area contributed by atoms with Crippen LogP contribution in [0.5, 0.6) is 0 Å². The van der Waals surface area contributed by atoms with Crippen LogP contribution in [0.15, 0.2) is 42.5 Å². The van der Waals surface area contributed by atoms with Crippen molar-refractivity contribution in [3.8, 4) is 0 Å². The van der Waals surface area contributed by atoms with Gasteiger partial charge < -0.3 is 15.3 Å². The fraction of sp³-hybridized carbons (Fsp3) is 0.250. The summed E-state index contributed by atoms with van der Waals surface area (Å²) in [4.78, 5) is 34.9. The van der Waals surface area contributed by atoms with Crippen LogP contribution in [0.25, 0.3) is 0 Å². The molecule has 0 aliphatic rings. The number of aliphatic carboxylic acids is 1. The third-order valence-electron chi connectivity index (χ3n) is 4.31. The van der Waals surface area contributed by atoms with Gasteiger partial charge in [0.2, 0.25) is 0 Å². The smallest absolute Gasteiger partial charge is 0.416 e. The summed E-state index contributed by atoms with van der Waals surface area (Å²) in [6.07, 6.45) is -4.93. The van der Waals surface area contributed by atoms with Crippen LogP contribution < -0.4 is 0 Å². The minimum atomic E-state index is -4.59. The van der Waals surface area contributed by atoms with Gasteiger partial charge in [-0.2, -0.15) is 13.2 Å². The number of nitrogens with zero attached hydrogens (tertiary/aromatic N) is 1. The molecule has 0 amide bonds. The minimum absolute atomic E-state index is 0.0593. The topological polar surface area (TPSA) is 115 Å². The molecule has 0 aromatic heterocycles. The molecule has 0 saturated carbocycles. The maximum Gasteiger partial charge on any atom is 0.416 e. The third-order valence-corrected chi connectivity index (χ3v) is 4.31. The molecular formula is C20H18F3NO6. The number of alkyl halides is 3. The minimum Gasteiger partial charge on any atom is -0.481 e. The highest BCUT2D eigenvalue weighted by atomic mass is 19.4. The average Bonchev–Trinajstić information content (AvgIpc) is 2.65. The summed E-state index contributed by atoms with van der Waals surface area (Å²) in [5.74, 6) is -4.04. The van der Waals surface area contributed by atoms with Crippen molar-refractivity contribution in [2.75, 3.05) is 6.54 Å². The first-order chi connectivity index (χ1) is 14.0. The Morgan fingerprint density at radius 3 is 2.07 bits per heavy atom. The molecule has 2 aromatic carbocycles. The molecule has 0 atom stereocenters. The van der Waals surface area contributed by atoms with E-state index in [0.29, 0.717) is 5.56 Å². The van der Waals surface area contributed by atoms with Crippen molar-refractivity contribution in [2.45, 2.75) is 25.7 Å². The second-order valence-corrected chi connectivity index (χ2v) is 6.50. The Bertz CT molecular complexity index is 958. The van der Waals surface area contributed by atoms with E-state index in [-0.39, 0.29) is 31.6 Å². The van der Waals surface area contributed by atoms with E-state index in [1.807, 2.05) is 0 Å². The number of hydrogen-bond donors (Lipinski definition) is 3. The number of aromatic carboxylic acids is 2. The molecule has 0 unspecified atom stereocenters. The van der Waals surface area contributed by atoms with E-state index in [4.69, 9.17) is 10.2 Å². The number of halogens is 3. The van der Waals surface area contributed by atoms with Crippen LogP contribution in [-0.4, -0.2) is 44.7 Å². The molecule has 2 aromatic rings. The van der Waals surface area contributed by atoms with Gasteiger partial charge in [0.25, 0.3) is 0 Å². The van der Waals surface area contributed by atoms with Crippen molar-refractivity contribution in [1.29, 1.82) is 0 Å². The lowest BCUT2D eigenvalue weighted by Crippen LogP contribution is -2.27. The summed E-state index contributed by atoms with van der Waals surface area (Å²) in [6.45, 7) is -0.393. The first-order valence-electron chi connectivity index (χ1n) is 8.67. The molecule has 0 bridgehead atoms. The Morgan fingerprint density at radius 1 is 0.867 bits per heavy atom. The zero-order chi connectivity index (χ0) is 22.5. The van der Waals surface area contributed by atoms with Crippen LogP contribution in [0.2, 0.25) is 0 Å². The zero-order valence-electron chi connectivity index (χ0n) is 15.5. The molecule has 2 rings (SSSR count). The Hall–Kier alpha value is -3.40. The van der Waals surface area contributed by atoms with Crippen LogP contribution in [0.3, 0.4) is 0 Å². The lowest BCUT2D eigenvalue weighted by Gasteiger charge is -2.24. The van der Waals surface area contributed by atoms with Crippen molar-refractivity contribution in [3.05, 3.63) is 70.3 Å². The number of hydrogen-bond acceptors (Lipinski definition) is 4. The number of benzene rings is 2. The van der Waals surface area contributed by atoms with E-state index in [1.54, 1.807) is 0 Å². The zero-order valence-corrected chi connectivity index (χ0v) is 15.5. The van der Waals surface area contributed by atoms with Gasteiger partial charge in [0, 0.05) is 19.6 Å². The summed E-state index contributed by atoms with van der Waals surface area (Å²) in [7, 11) is 0. The Labute approximate surface area is 169 Å². The summed E-state index contributed by atoms with van der Waals surface area (Å²) >= 11 is 0. The van der Waals surface area contributed by atoms with Crippen molar-refractivity contribution < 1.29 is 42.9 Å². The van der Waals surface area contributed by atoms with Gasteiger partial charge in [0.05, 0.1) is 23.1 Å². The number of carboxylic acids is 3. The van der Waals surface area contributed by atoms with Gasteiger partial charge in [-0.05, 0) is 29.3 Å². The van der Waals surface area contributed by atoms with E-state index in [1.165, 1.54) is 29.2 Å². The van der Waals surface area contributed by atoms with Crippen LogP contribution in [0, 0.1) is 0 Å². The second kappa shape index (κ2) is 9.40. The molecule has 0 heterocycles. The summed E-state index contributed by atoms with van der Waals surface area (Å²) < 4.78 is 39.8. The maximum atomic E-state index is 13.3. The molecule has 30 heavy (non-hydrogen) atoms. The molecule has 10 heteroatoms. The fourth-order valence-corrected chi connectivity index (χ4v) is 2.95. The molecule has 160 valence electrons. The van der Waals surface area contributed by atoms with Gasteiger partial charge in [0.1, 0.15) is 0 Å². The van der Waals surface area contributed by atoms with Crippen LogP contribution in [-0.2, 0) is 24.1 Å². The number of carbonyl (C=O) groups is 3. The largest absolute Gasteiger partial charge is 0.481 e. The quantitative estimate of drug-likeness (QED) is 0.563. The van der Waals surface area contributed by atoms with Crippen molar-refractivity contribution in [3.63, 3.8) is 0 Å². The molecule has 0 radical (unpaired) electrons. The van der Waals surface area contributed by atoms with E-state index >= 15 is 0 Å². The van der Waals surface area contributed by atoms with Crippen LogP contribution >= 0.6 is 0 Å². The SMILES string of the molecule is O=C(O)CCN(Cc1ccc(C(=O)O)c(C(=O)O)c1)Cc1ccccc1C(F)(F)F. The molecule has 0 aliphatic carbocycles. The summed E-state index contributed by atoms with van der Waals surface area (Å²) in [6, 6.07) is 8.46. The summed E-state index contributed by atoms with van der Waals surface area (Å²) in [5.41, 5.74) is -1.47.